The lowest BCUT2D eigenvalue weighted by molar-refractivity contribution is -0.889. The SMILES string of the molecule is CCCCCCCC/C=C/C/C=C/C/C=C/CCCC(=O)OCC(COCCC(C(=O)[O-])[N+](C)(C)C)OC(=O)CCCCCCCCCCC. The van der Waals surface area contributed by atoms with Crippen LogP contribution in [-0.2, 0) is 28.6 Å². The zero-order valence-corrected chi connectivity index (χ0v) is 32.8. The summed E-state index contributed by atoms with van der Waals surface area (Å²) in [7, 11) is 5.38. The summed E-state index contributed by atoms with van der Waals surface area (Å²) in [4.78, 5) is 36.6. The standard InChI is InChI=1S/C42H75NO7/c1-6-8-10-12-14-16-17-18-19-20-21-22-23-25-26-28-30-32-40(44)49-37-38(36-48-35-34-39(42(46)47)43(3,4)5)50-41(45)33-31-29-27-24-15-13-11-9-7-2/h18-19,21-22,25-26,38-39H,6-17,20,23-24,27-37H2,1-5H3/b19-18+,22-21+,26-25+. The lowest BCUT2D eigenvalue weighted by atomic mass is 10.1. The molecule has 8 heteroatoms. The topological polar surface area (TPSA) is 102 Å². The number of allylic oxidation sites excluding steroid dienone is 6. The molecule has 0 fully saturated rings. The first-order valence-electron chi connectivity index (χ1n) is 20.0. The van der Waals surface area contributed by atoms with Crippen molar-refractivity contribution in [3.8, 4) is 0 Å². The van der Waals surface area contributed by atoms with Gasteiger partial charge in [-0.1, -0.05) is 134 Å². The van der Waals surface area contributed by atoms with E-state index in [4.69, 9.17) is 14.2 Å². The summed E-state index contributed by atoms with van der Waals surface area (Å²) in [6, 6.07) is -0.729. The molecule has 0 radical (unpaired) electrons. The van der Waals surface area contributed by atoms with E-state index >= 15 is 0 Å². The highest BCUT2D eigenvalue weighted by atomic mass is 16.6. The van der Waals surface area contributed by atoms with Gasteiger partial charge in [0.2, 0.25) is 0 Å². The van der Waals surface area contributed by atoms with Gasteiger partial charge in [0.05, 0.1) is 40.3 Å². The highest BCUT2D eigenvalue weighted by Crippen LogP contribution is 2.13. The molecular weight excluding hydrogens is 630 g/mol. The Morgan fingerprint density at radius 2 is 1.08 bits per heavy atom. The van der Waals surface area contributed by atoms with Gasteiger partial charge in [0, 0.05) is 19.3 Å². The van der Waals surface area contributed by atoms with E-state index in [0.717, 1.165) is 38.5 Å². The fourth-order valence-electron chi connectivity index (χ4n) is 5.61. The number of hydrogen-bond donors (Lipinski definition) is 0. The third-order valence-corrected chi connectivity index (χ3v) is 8.78. The predicted octanol–water partition coefficient (Wildman–Crippen LogP) is 8.96. The number of unbranched alkanes of at least 4 members (excludes halogenated alkanes) is 15. The van der Waals surface area contributed by atoms with Crippen molar-refractivity contribution in [1.82, 2.24) is 0 Å². The van der Waals surface area contributed by atoms with Gasteiger partial charge in [-0.05, 0) is 44.9 Å². The maximum Gasteiger partial charge on any atom is 0.306 e. The van der Waals surface area contributed by atoms with Crippen LogP contribution >= 0.6 is 0 Å². The minimum atomic E-state index is -1.13. The molecule has 0 aromatic carbocycles. The molecule has 0 amide bonds. The van der Waals surface area contributed by atoms with E-state index in [9.17, 15) is 19.5 Å². The first-order valence-corrected chi connectivity index (χ1v) is 20.0. The van der Waals surface area contributed by atoms with Crippen molar-refractivity contribution in [2.75, 3.05) is 41.0 Å². The van der Waals surface area contributed by atoms with Crippen LogP contribution in [0, 0.1) is 0 Å². The van der Waals surface area contributed by atoms with Crippen LogP contribution in [0.5, 0.6) is 0 Å². The van der Waals surface area contributed by atoms with Crippen LogP contribution in [0.4, 0.5) is 0 Å². The molecule has 0 heterocycles. The molecule has 8 nitrogen and oxygen atoms in total. The predicted molar refractivity (Wildman–Crippen MR) is 203 cm³/mol. The highest BCUT2D eigenvalue weighted by Gasteiger charge is 2.25. The Kier molecular flexibility index (Phi) is 32.0. The molecule has 0 saturated carbocycles. The van der Waals surface area contributed by atoms with Crippen molar-refractivity contribution in [3.05, 3.63) is 36.5 Å². The molecule has 290 valence electrons. The molecule has 0 saturated heterocycles. The first kappa shape index (κ1) is 47.5. The van der Waals surface area contributed by atoms with E-state index < -0.39 is 18.1 Å². The van der Waals surface area contributed by atoms with Gasteiger partial charge in [-0.3, -0.25) is 9.59 Å². The molecule has 0 aliphatic carbocycles. The average molecular weight is 706 g/mol. The maximum atomic E-state index is 12.6. The van der Waals surface area contributed by atoms with Crippen molar-refractivity contribution in [3.63, 3.8) is 0 Å². The smallest absolute Gasteiger partial charge is 0.306 e. The molecule has 0 aliphatic rings. The lowest BCUT2D eigenvalue weighted by Crippen LogP contribution is -2.55. The number of ether oxygens (including phenoxy) is 3. The fraction of sp³-hybridized carbons (Fsp3) is 0.786. The third-order valence-electron chi connectivity index (χ3n) is 8.78. The van der Waals surface area contributed by atoms with E-state index in [0.29, 0.717) is 12.8 Å². The van der Waals surface area contributed by atoms with Crippen LogP contribution in [0.3, 0.4) is 0 Å². The van der Waals surface area contributed by atoms with Gasteiger partial charge in [-0.25, -0.2) is 0 Å². The number of rotatable bonds is 35. The van der Waals surface area contributed by atoms with Gasteiger partial charge < -0.3 is 28.6 Å². The number of esters is 2. The summed E-state index contributed by atoms with van der Waals surface area (Å²) < 4.78 is 17.0. The molecular formula is C42H75NO7. The highest BCUT2D eigenvalue weighted by molar-refractivity contribution is 5.70. The largest absolute Gasteiger partial charge is 0.544 e. The number of carboxylic acid groups (broad SMARTS) is 1. The number of aliphatic carboxylic acids is 1. The van der Waals surface area contributed by atoms with Crippen LogP contribution in [0.25, 0.3) is 0 Å². The molecule has 0 bridgehead atoms. The van der Waals surface area contributed by atoms with Crippen LogP contribution < -0.4 is 5.11 Å². The summed E-state index contributed by atoms with van der Waals surface area (Å²) >= 11 is 0. The summed E-state index contributed by atoms with van der Waals surface area (Å²) in [5, 5.41) is 11.6. The van der Waals surface area contributed by atoms with Crippen molar-refractivity contribution in [2.24, 2.45) is 0 Å². The van der Waals surface area contributed by atoms with E-state index in [1.807, 2.05) is 0 Å². The molecule has 2 unspecified atom stereocenters. The molecule has 50 heavy (non-hydrogen) atoms. The molecule has 0 aromatic heterocycles. The Labute approximate surface area is 306 Å². The van der Waals surface area contributed by atoms with Crippen molar-refractivity contribution < 1.29 is 38.2 Å². The number of carbonyl (C=O) groups excluding carboxylic acids is 3. The number of likely N-dealkylation sites (N-methyl/N-ethyl adjacent to an activating group) is 1. The van der Waals surface area contributed by atoms with Gasteiger partial charge in [-0.15, -0.1) is 0 Å². The average Bonchev–Trinajstić information content (AvgIpc) is 3.06. The number of nitrogens with zero attached hydrogens (tertiary/aromatic N) is 1. The number of hydrogen-bond acceptors (Lipinski definition) is 7. The first-order chi connectivity index (χ1) is 24.1. The van der Waals surface area contributed by atoms with Crippen LogP contribution in [0.2, 0.25) is 0 Å². The normalized spacial score (nSPS) is 13.4. The zero-order valence-electron chi connectivity index (χ0n) is 32.8. The van der Waals surface area contributed by atoms with Crippen molar-refractivity contribution in [2.45, 2.75) is 174 Å². The second kappa shape index (κ2) is 33.7. The summed E-state index contributed by atoms with van der Waals surface area (Å²) in [5.41, 5.74) is 0. The quantitative estimate of drug-likeness (QED) is 0.0281. The monoisotopic (exact) mass is 706 g/mol. The third kappa shape index (κ3) is 31.5. The van der Waals surface area contributed by atoms with Crippen LogP contribution in [0.1, 0.15) is 162 Å². The Hall–Kier alpha value is -2.45. The number of quaternary nitrogens is 1. The van der Waals surface area contributed by atoms with Gasteiger partial charge in [0.1, 0.15) is 12.6 Å². The Morgan fingerprint density at radius 1 is 0.600 bits per heavy atom. The fourth-order valence-corrected chi connectivity index (χ4v) is 5.61. The van der Waals surface area contributed by atoms with Crippen molar-refractivity contribution in [1.29, 1.82) is 0 Å². The van der Waals surface area contributed by atoms with Gasteiger partial charge in [0.25, 0.3) is 0 Å². The van der Waals surface area contributed by atoms with E-state index in [2.05, 4.69) is 50.3 Å². The molecule has 0 rings (SSSR count). The second-order valence-electron chi connectivity index (χ2n) is 14.5. The van der Waals surface area contributed by atoms with E-state index in [-0.39, 0.29) is 49.1 Å². The molecule has 0 aromatic rings. The van der Waals surface area contributed by atoms with E-state index in [1.165, 1.54) is 83.5 Å². The molecule has 0 spiro atoms. The number of carbonyl (C=O) groups is 3. The van der Waals surface area contributed by atoms with Crippen molar-refractivity contribution >= 4 is 17.9 Å². The Morgan fingerprint density at radius 3 is 1.62 bits per heavy atom. The van der Waals surface area contributed by atoms with Gasteiger partial charge in [0.15, 0.2) is 6.10 Å². The zero-order chi connectivity index (χ0) is 37.1. The molecule has 2 atom stereocenters. The Bertz CT molecular complexity index is 922. The Balaban J connectivity index is 4.43. The molecule has 0 aliphatic heterocycles. The van der Waals surface area contributed by atoms with Gasteiger partial charge >= 0.3 is 11.9 Å². The lowest BCUT2D eigenvalue weighted by Gasteiger charge is -2.34. The minimum absolute atomic E-state index is 0.0266. The van der Waals surface area contributed by atoms with Crippen LogP contribution in [-0.4, -0.2) is 75.5 Å². The minimum Gasteiger partial charge on any atom is -0.544 e. The van der Waals surface area contributed by atoms with E-state index in [1.54, 1.807) is 21.1 Å². The number of carboxylic acids is 1. The van der Waals surface area contributed by atoms with Gasteiger partial charge in [-0.2, -0.15) is 0 Å². The maximum absolute atomic E-state index is 12.6. The summed E-state index contributed by atoms with van der Waals surface area (Å²) in [5.74, 6) is -1.81. The van der Waals surface area contributed by atoms with Crippen LogP contribution in [0.15, 0.2) is 36.5 Å². The molecule has 0 N–H and O–H groups in total. The summed E-state index contributed by atoms with van der Waals surface area (Å²) in [6.07, 6.45) is 36.1. The second-order valence-corrected chi connectivity index (χ2v) is 14.5. The summed E-state index contributed by atoms with van der Waals surface area (Å²) in [6.45, 7) is 4.57.